The molecule has 2 heterocycles. The Morgan fingerprint density at radius 2 is 1.70 bits per heavy atom. The summed E-state index contributed by atoms with van der Waals surface area (Å²) in [7, 11) is 0. The first-order valence-electron chi connectivity index (χ1n) is 6.97. The summed E-state index contributed by atoms with van der Waals surface area (Å²) in [5.74, 6) is 0. The lowest BCUT2D eigenvalue weighted by molar-refractivity contribution is 1.30. The molecule has 1 heteroatoms. The highest BCUT2D eigenvalue weighted by atomic mass is 14.9. The highest BCUT2D eigenvalue weighted by molar-refractivity contribution is 6.25. The van der Waals surface area contributed by atoms with E-state index >= 15 is 0 Å². The molecular formula is C19H13N. The van der Waals surface area contributed by atoms with Gasteiger partial charge in [-0.15, -0.1) is 0 Å². The van der Waals surface area contributed by atoms with Crippen LogP contribution in [-0.4, -0.2) is 4.40 Å². The van der Waals surface area contributed by atoms with Gasteiger partial charge in [0, 0.05) is 22.4 Å². The lowest BCUT2D eigenvalue weighted by Gasteiger charge is -2.03. The van der Waals surface area contributed by atoms with Crippen LogP contribution in [0.3, 0.4) is 0 Å². The molecule has 2 aromatic heterocycles. The number of para-hydroxylation sites is 1. The van der Waals surface area contributed by atoms with Crippen LogP contribution in [0.25, 0.3) is 38.0 Å². The first kappa shape index (κ1) is 10.3. The Labute approximate surface area is 116 Å². The number of rotatable bonds is 0. The average molecular weight is 255 g/mol. The number of aryl methyl sites for hydroxylation is 1. The van der Waals surface area contributed by atoms with Crippen LogP contribution in [0.5, 0.6) is 0 Å². The van der Waals surface area contributed by atoms with Gasteiger partial charge in [-0.3, -0.25) is 0 Å². The van der Waals surface area contributed by atoms with E-state index in [1.807, 2.05) is 0 Å². The lowest BCUT2D eigenvalue weighted by atomic mass is 10.00. The summed E-state index contributed by atoms with van der Waals surface area (Å²) in [6.07, 6.45) is 2.19. The topological polar surface area (TPSA) is 4.41 Å². The Kier molecular flexibility index (Phi) is 1.70. The maximum absolute atomic E-state index is 2.32. The molecule has 0 N–H and O–H groups in total. The van der Waals surface area contributed by atoms with Crippen molar-refractivity contribution in [3.8, 4) is 0 Å². The fourth-order valence-corrected chi connectivity index (χ4v) is 3.50. The van der Waals surface area contributed by atoms with E-state index in [1.54, 1.807) is 0 Å². The maximum atomic E-state index is 2.32. The standard InChI is InChI=1S/C19H13N/c1-12-6-7-13-11-14-8-9-20-17-5-3-2-4-15(17)18(19(14)20)16(13)10-12/h2-11H,1H3. The van der Waals surface area contributed by atoms with Crippen LogP contribution in [0.2, 0.25) is 0 Å². The van der Waals surface area contributed by atoms with E-state index in [4.69, 9.17) is 0 Å². The molecule has 1 nitrogen and oxygen atoms in total. The fraction of sp³-hybridized carbons (Fsp3) is 0.0526. The van der Waals surface area contributed by atoms with Crippen LogP contribution >= 0.6 is 0 Å². The van der Waals surface area contributed by atoms with Crippen molar-refractivity contribution in [3.63, 3.8) is 0 Å². The molecule has 94 valence electrons. The zero-order valence-corrected chi connectivity index (χ0v) is 11.2. The summed E-state index contributed by atoms with van der Waals surface area (Å²) in [6, 6.07) is 19.9. The molecule has 0 atom stereocenters. The van der Waals surface area contributed by atoms with Gasteiger partial charge in [-0.25, -0.2) is 0 Å². The van der Waals surface area contributed by atoms with Crippen LogP contribution in [0.4, 0.5) is 0 Å². The van der Waals surface area contributed by atoms with Gasteiger partial charge in [0.25, 0.3) is 0 Å². The smallest absolute Gasteiger partial charge is 0.0614 e. The molecule has 0 bridgehead atoms. The molecule has 0 saturated heterocycles. The van der Waals surface area contributed by atoms with Crippen molar-refractivity contribution >= 4 is 38.0 Å². The van der Waals surface area contributed by atoms with Gasteiger partial charge in [-0.2, -0.15) is 0 Å². The van der Waals surface area contributed by atoms with Crippen molar-refractivity contribution < 1.29 is 0 Å². The number of benzene rings is 3. The van der Waals surface area contributed by atoms with Crippen molar-refractivity contribution in [2.24, 2.45) is 0 Å². The Morgan fingerprint density at radius 1 is 0.800 bits per heavy atom. The van der Waals surface area contributed by atoms with E-state index in [0.29, 0.717) is 0 Å². The fourth-order valence-electron chi connectivity index (χ4n) is 3.50. The van der Waals surface area contributed by atoms with Crippen molar-refractivity contribution in [2.75, 3.05) is 0 Å². The van der Waals surface area contributed by atoms with E-state index < -0.39 is 0 Å². The van der Waals surface area contributed by atoms with E-state index in [-0.39, 0.29) is 0 Å². The average Bonchev–Trinajstić information content (AvgIpc) is 3.02. The SMILES string of the molecule is Cc1ccc2cc3ccn4c5ccccc5c(c2c1)c34. The third-order valence-electron chi connectivity index (χ3n) is 4.38. The second-order valence-electron chi connectivity index (χ2n) is 5.62. The number of nitrogens with zero attached hydrogens (tertiary/aromatic N) is 1. The van der Waals surface area contributed by atoms with Gasteiger partial charge < -0.3 is 4.40 Å². The summed E-state index contributed by atoms with van der Waals surface area (Å²) in [6.45, 7) is 2.16. The molecule has 5 aromatic rings. The van der Waals surface area contributed by atoms with Gasteiger partial charge in [-0.1, -0.05) is 42.0 Å². The normalized spacial score (nSPS) is 12.2. The minimum atomic E-state index is 1.30. The molecule has 3 aromatic carbocycles. The van der Waals surface area contributed by atoms with Gasteiger partial charge >= 0.3 is 0 Å². The van der Waals surface area contributed by atoms with Crippen LogP contribution < -0.4 is 0 Å². The van der Waals surface area contributed by atoms with Crippen molar-refractivity contribution in [1.29, 1.82) is 0 Å². The Balaban J connectivity index is 2.25. The summed E-state index contributed by atoms with van der Waals surface area (Å²) in [5.41, 5.74) is 3.96. The highest BCUT2D eigenvalue weighted by Crippen LogP contribution is 2.38. The minimum Gasteiger partial charge on any atom is -0.315 e. The first-order chi connectivity index (χ1) is 9.83. The van der Waals surface area contributed by atoms with Gasteiger partial charge in [0.2, 0.25) is 0 Å². The van der Waals surface area contributed by atoms with Crippen LogP contribution in [0.15, 0.2) is 60.8 Å². The van der Waals surface area contributed by atoms with Gasteiger partial charge in [-0.05, 0) is 35.9 Å². The first-order valence-corrected chi connectivity index (χ1v) is 6.97. The number of hydrogen-bond acceptors (Lipinski definition) is 0. The van der Waals surface area contributed by atoms with Crippen LogP contribution in [0, 0.1) is 6.92 Å². The molecule has 0 saturated carbocycles. The third-order valence-corrected chi connectivity index (χ3v) is 4.38. The van der Waals surface area contributed by atoms with Crippen LogP contribution in [0.1, 0.15) is 5.56 Å². The monoisotopic (exact) mass is 255 g/mol. The number of fused-ring (bicyclic) bond motifs is 5. The molecule has 0 aliphatic carbocycles. The highest BCUT2D eigenvalue weighted by Gasteiger charge is 2.14. The Bertz CT molecular complexity index is 1100. The number of hydrogen-bond donors (Lipinski definition) is 0. The molecule has 20 heavy (non-hydrogen) atoms. The van der Waals surface area contributed by atoms with Crippen molar-refractivity contribution in [2.45, 2.75) is 6.92 Å². The van der Waals surface area contributed by atoms with Crippen molar-refractivity contribution in [3.05, 3.63) is 66.4 Å². The number of aromatic nitrogens is 1. The molecule has 0 fully saturated rings. The second kappa shape index (κ2) is 3.31. The molecule has 0 aliphatic rings. The molecule has 0 aliphatic heterocycles. The van der Waals surface area contributed by atoms with Gasteiger partial charge in [0.15, 0.2) is 0 Å². The molecular weight excluding hydrogens is 242 g/mol. The van der Waals surface area contributed by atoms with E-state index in [9.17, 15) is 0 Å². The lowest BCUT2D eigenvalue weighted by Crippen LogP contribution is -1.78. The van der Waals surface area contributed by atoms with E-state index in [1.165, 1.54) is 43.5 Å². The van der Waals surface area contributed by atoms with Crippen molar-refractivity contribution in [1.82, 2.24) is 4.40 Å². The van der Waals surface area contributed by atoms with Crippen LogP contribution in [-0.2, 0) is 0 Å². The summed E-state index contributed by atoms with van der Waals surface area (Å²) >= 11 is 0. The summed E-state index contributed by atoms with van der Waals surface area (Å²) in [5, 5.41) is 6.76. The van der Waals surface area contributed by atoms with E-state index in [0.717, 1.165) is 0 Å². The largest absolute Gasteiger partial charge is 0.315 e. The quantitative estimate of drug-likeness (QED) is 0.360. The van der Waals surface area contributed by atoms with Gasteiger partial charge in [0.1, 0.15) is 0 Å². The molecule has 0 spiro atoms. The third kappa shape index (κ3) is 1.09. The molecule has 0 unspecified atom stereocenters. The van der Waals surface area contributed by atoms with Gasteiger partial charge in [0.05, 0.1) is 11.0 Å². The zero-order valence-electron chi connectivity index (χ0n) is 11.2. The zero-order chi connectivity index (χ0) is 13.3. The Morgan fingerprint density at radius 3 is 2.65 bits per heavy atom. The predicted octanol–water partition coefficient (Wildman–Crippen LogP) is 5.15. The molecule has 5 rings (SSSR count). The molecule has 0 amide bonds. The predicted molar refractivity (Wildman–Crippen MR) is 85.8 cm³/mol. The van der Waals surface area contributed by atoms with E-state index in [2.05, 4.69) is 72.1 Å². The summed E-state index contributed by atoms with van der Waals surface area (Å²) < 4.78 is 2.32. The minimum absolute atomic E-state index is 1.30. The second-order valence-corrected chi connectivity index (χ2v) is 5.62. The Hall–Kier alpha value is -2.54. The summed E-state index contributed by atoms with van der Waals surface area (Å²) in [4.78, 5) is 0. The maximum Gasteiger partial charge on any atom is 0.0614 e. The molecule has 0 radical (unpaired) electrons.